The van der Waals surface area contributed by atoms with Crippen molar-refractivity contribution in [3.8, 4) is 5.88 Å². The van der Waals surface area contributed by atoms with Gasteiger partial charge in [-0.05, 0) is 23.8 Å². The molecule has 112 valence electrons. The number of hydrogen-bond donors (Lipinski definition) is 2. The second-order valence-corrected chi connectivity index (χ2v) is 4.22. The first kappa shape index (κ1) is 15.2. The zero-order chi connectivity index (χ0) is 15.5. The second kappa shape index (κ2) is 6.06. The van der Waals surface area contributed by atoms with Gasteiger partial charge in [0, 0.05) is 6.07 Å². The summed E-state index contributed by atoms with van der Waals surface area (Å²) in [7, 11) is 1.44. The Morgan fingerprint density at radius 1 is 1.19 bits per heavy atom. The van der Waals surface area contributed by atoms with Crippen LogP contribution < -0.4 is 16.0 Å². The Kier molecular flexibility index (Phi) is 4.39. The van der Waals surface area contributed by atoms with Crippen LogP contribution in [-0.2, 0) is 6.18 Å². The lowest BCUT2D eigenvalue weighted by Gasteiger charge is -2.17. The van der Waals surface area contributed by atoms with Crippen molar-refractivity contribution in [3.05, 3.63) is 53.2 Å². The number of hydrazine groups is 1. The van der Waals surface area contributed by atoms with E-state index < -0.39 is 17.8 Å². The summed E-state index contributed by atoms with van der Waals surface area (Å²) in [5.74, 6) is 5.74. The number of aromatic nitrogens is 2. The molecule has 2 rings (SSSR count). The van der Waals surface area contributed by atoms with E-state index in [4.69, 9.17) is 10.6 Å². The van der Waals surface area contributed by atoms with Gasteiger partial charge >= 0.3 is 6.18 Å². The molecule has 0 saturated heterocycles. The van der Waals surface area contributed by atoms with E-state index >= 15 is 0 Å². The van der Waals surface area contributed by atoms with E-state index in [-0.39, 0.29) is 0 Å². The molecule has 1 aromatic heterocycles. The van der Waals surface area contributed by atoms with Crippen LogP contribution in [0.25, 0.3) is 0 Å². The predicted molar refractivity (Wildman–Crippen MR) is 69.2 cm³/mol. The Labute approximate surface area is 118 Å². The third-order valence-corrected chi connectivity index (χ3v) is 2.88. The standard InChI is InChI=1S/C13H13F3N4O/c1-21-11-6-5-10(19-20-11)12(18-17)8-3-2-4-9(7-8)13(14,15)16/h2-7,12,18H,17H2,1H3. The van der Waals surface area contributed by atoms with Crippen molar-refractivity contribution in [2.75, 3.05) is 7.11 Å². The van der Waals surface area contributed by atoms with Gasteiger partial charge in [0.2, 0.25) is 5.88 Å². The third-order valence-electron chi connectivity index (χ3n) is 2.88. The second-order valence-electron chi connectivity index (χ2n) is 4.22. The molecule has 0 saturated carbocycles. The molecule has 0 spiro atoms. The van der Waals surface area contributed by atoms with Crippen molar-refractivity contribution in [2.24, 2.45) is 5.84 Å². The average Bonchev–Trinajstić information content (AvgIpc) is 2.48. The van der Waals surface area contributed by atoms with Gasteiger partial charge in [-0.3, -0.25) is 5.84 Å². The van der Waals surface area contributed by atoms with Crippen molar-refractivity contribution >= 4 is 0 Å². The lowest BCUT2D eigenvalue weighted by Crippen LogP contribution is -2.30. The number of methoxy groups -OCH3 is 1. The zero-order valence-electron chi connectivity index (χ0n) is 11.1. The van der Waals surface area contributed by atoms with Crippen molar-refractivity contribution < 1.29 is 17.9 Å². The lowest BCUT2D eigenvalue weighted by atomic mass is 10.0. The molecule has 0 radical (unpaired) electrons. The van der Waals surface area contributed by atoms with Crippen LogP contribution in [-0.4, -0.2) is 17.3 Å². The van der Waals surface area contributed by atoms with E-state index in [2.05, 4.69) is 15.6 Å². The minimum atomic E-state index is -4.42. The average molecular weight is 298 g/mol. The summed E-state index contributed by atoms with van der Waals surface area (Å²) in [4.78, 5) is 0. The van der Waals surface area contributed by atoms with Gasteiger partial charge in [-0.1, -0.05) is 12.1 Å². The van der Waals surface area contributed by atoms with Crippen LogP contribution in [0.2, 0.25) is 0 Å². The van der Waals surface area contributed by atoms with E-state index in [1.165, 1.54) is 19.2 Å². The molecule has 5 nitrogen and oxygen atoms in total. The Morgan fingerprint density at radius 2 is 1.95 bits per heavy atom. The van der Waals surface area contributed by atoms with Crippen LogP contribution in [0.4, 0.5) is 13.2 Å². The van der Waals surface area contributed by atoms with Gasteiger partial charge in [0.1, 0.15) is 0 Å². The topological polar surface area (TPSA) is 73.1 Å². The molecule has 1 unspecified atom stereocenters. The van der Waals surface area contributed by atoms with Crippen molar-refractivity contribution in [1.29, 1.82) is 0 Å². The summed E-state index contributed by atoms with van der Waals surface area (Å²) in [6.45, 7) is 0. The lowest BCUT2D eigenvalue weighted by molar-refractivity contribution is -0.137. The van der Waals surface area contributed by atoms with Crippen LogP contribution in [0.5, 0.6) is 5.88 Å². The third kappa shape index (κ3) is 3.47. The number of nitrogens with zero attached hydrogens (tertiary/aromatic N) is 2. The summed E-state index contributed by atoms with van der Waals surface area (Å²) >= 11 is 0. The maximum Gasteiger partial charge on any atom is 0.416 e. The van der Waals surface area contributed by atoms with E-state index in [1.807, 2.05) is 0 Å². The first-order valence-corrected chi connectivity index (χ1v) is 5.96. The first-order chi connectivity index (χ1) is 9.95. The number of alkyl halides is 3. The largest absolute Gasteiger partial charge is 0.480 e. The molecular weight excluding hydrogens is 285 g/mol. The van der Waals surface area contributed by atoms with Crippen LogP contribution in [0, 0.1) is 0 Å². The molecule has 8 heteroatoms. The number of hydrogen-bond acceptors (Lipinski definition) is 5. The molecule has 1 atom stereocenters. The fraction of sp³-hybridized carbons (Fsp3) is 0.231. The van der Waals surface area contributed by atoms with Gasteiger partial charge < -0.3 is 4.74 Å². The number of nitrogens with one attached hydrogen (secondary N) is 1. The van der Waals surface area contributed by atoms with Crippen LogP contribution in [0.15, 0.2) is 36.4 Å². The molecule has 0 aliphatic heterocycles. The smallest absolute Gasteiger partial charge is 0.416 e. The fourth-order valence-corrected chi connectivity index (χ4v) is 1.84. The van der Waals surface area contributed by atoms with Crippen molar-refractivity contribution in [1.82, 2.24) is 15.6 Å². The summed E-state index contributed by atoms with van der Waals surface area (Å²) in [6, 6.07) is 7.31. The Balaban J connectivity index is 2.36. The monoisotopic (exact) mass is 298 g/mol. The quantitative estimate of drug-likeness (QED) is 0.667. The van der Waals surface area contributed by atoms with Crippen molar-refractivity contribution in [2.45, 2.75) is 12.2 Å². The first-order valence-electron chi connectivity index (χ1n) is 5.96. The highest BCUT2D eigenvalue weighted by atomic mass is 19.4. The number of benzene rings is 1. The fourth-order valence-electron chi connectivity index (χ4n) is 1.84. The number of rotatable bonds is 4. The van der Waals surface area contributed by atoms with Gasteiger partial charge in [-0.15, -0.1) is 10.2 Å². The molecule has 2 aromatic rings. The molecule has 0 amide bonds. The highest BCUT2D eigenvalue weighted by Gasteiger charge is 2.31. The van der Waals surface area contributed by atoms with Crippen LogP contribution in [0.1, 0.15) is 22.9 Å². The molecule has 1 aromatic carbocycles. The molecule has 0 aliphatic rings. The minimum Gasteiger partial charge on any atom is -0.480 e. The van der Waals surface area contributed by atoms with Gasteiger partial charge in [0.05, 0.1) is 24.4 Å². The summed E-state index contributed by atoms with van der Waals surface area (Å²) in [6.07, 6.45) is -4.42. The molecule has 0 fully saturated rings. The van der Waals surface area contributed by atoms with Gasteiger partial charge in [-0.25, -0.2) is 5.43 Å². The summed E-state index contributed by atoms with van der Waals surface area (Å²) in [5.41, 5.74) is 2.42. The van der Waals surface area contributed by atoms with E-state index in [0.717, 1.165) is 12.1 Å². The Morgan fingerprint density at radius 3 is 2.48 bits per heavy atom. The van der Waals surface area contributed by atoms with E-state index in [9.17, 15) is 13.2 Å². The van der Waals surface area contributed by atoms with Crippen molar-refractivity contribution in [3.63, 3.8) is 0 Å². The van der Waals surface area contributed by atoms with Gasteiger partial charge in [0.25, 0.3) is 0 Å². The van der Waals surface area contributed by atoms with E-state index in [1.54, 1.807) is 12.1 Å². The normalized spacial score (nSPS) is 13.0. The molecule has 21 heavy (non-hydrogen) atoms. The molecule has 0 bridgehead atoms. The Bertz CT molecular complexity index is 601. The van der Waals surface area contributed by atoms with Crippen LogP contribution in [0.3, 0.4) is 0 Å². The predicted octanol–water partition coefficient (Wildman–Crippen LogP) is 2.06. The molecule has 3 N–H and O–H groups in total. The molecular formula is C13H13F3N4O. The minimum absolute atomic E-state index is 0.304. The van der Waals surface area contributed by atoms with E-state index in [0.29, 0.717) is 17.1 Å². The zero-order valence-corrected chi connectivity index (χ0v) is 11.1. The highest BCUT2D eigenvalue weighted by Crippen LogP contribution is 2.31. The summed E-state index contributed by atoms with van der Waals surface area (Å²) in [5, 5.41) is 7.66. The number of halogens is 3. The highest BCUT2D eigenvalue weighted by molar-refractivity contribution is 5.32. The Hall–Kier alpha value is -2.19. The number of nitrogens with two attached hydrogens (primary N) is 1. The SMILES string of the molecule is COc1ccc(C(NN)c2cccc(C(F)(F)F)c2)nn1. The molecule has 0 aliphatic carbocycles. The van der Waals surface area contributed by atoms with Crippen LogP contribution >= 0.6 is 0 Å². The number of ether oxygens (including phenoxy) is 1. The van der Waals surface area contributed by atoms with Gasteiger partial charge in [0.15, 0.2) is 0 Å². The maximum absolute atomic E-state index is 12.7. The summed E-state index contributed by atoms with van der Waals surface area (Å²) < 4.78 is 43.1. The van der Waals surface area contributed by atoms with Gasteiger partial charge in [-0.2, -0.15) is 13.2 Å². The maximum atomic E-state index is 12.7. The molecule has 1 heterocycles.